The van der Waals surface area contributed by atoms with Gasteiger partial charge in [-0.15, -0.1) is 0 Å². The smallest absolute Gasteiger partial charge is 0.129 e. The Morgan fingerprint density at radius 3 is 3.10 bits per heavy atom. The maximum Gasteiger partial charge on any atom is 0.129 e. The van der Waals surface area contributed by atoms with E-state index in [9.17, 15) is 0 Å². The first-order valence-electron chi connectivity index (χ1n) is 3.01. The minimum absolute atomic E-state index is 0.894. The SMILES string of the molecule is CN=CNc1[nH]ncc1C. The molecule has 0 saturated carbocycles. The van der Waals surface area contributed by atoms with Crippen molar-refractivity contribution in [3.8, 4) is 0 Å². The van der Waals surface area contributed by atoms with Gasteiger partial charge in [0.15, 0.2) is 0 Å². The minimum Gasteiger partial charge on any atom is -0.332 e. The van der Waals surface area contributed by atoms with E-state index in [0.717, 1.165) is 11.4 Å². The Morgan fingerprint density at radius 1 is 1.80 bits per heavy atom. The normalized spacial score (nSPS) is 10.6. The van der Waals surface area contributed by atoms with Gasteiger partial charge in [-0.3, -0.25) is 10.1 Å². The van der Waals surface area contributed by atoms with Crippen molar-refractivity contribution < 1.29 is 0 Å². The van der Waals surface area contributed by atoms with Crippen molar-refractivity contribution in [1.29, 1.82) is 0 Å². The van der Waals surface area contributed by atoms with Crippen LogP contribution in [0.5, 0.6) is 0 Å². The number of hydrogen-bond acceptors (Lipinski definition) is 2. The lowest BCUT2D eigenvalue weighted by Crippen LogP contribution is -1.95. The van der Waals surface area contributed by atoms with Crippen LogP contribution in [0.4, 0.5) is 5.82 Å². The zero-order chi connectivity index (χ0) is 7.40. The molecule has 1 heterocycles. The van der Waals surface area contributed by atoms with Crippen molar-refractivity contribution in [2.24, 2.45) is 4.99 Å². The second-order valence-electron chi connectivity index (χ2n) is 1.96. The average molecular weight is 138 g/mol. The zero-order valence-corrected chi connectivity index (χ0v) is 6.05. The van der Waals surface area contributed by atoms with Crippen LogP contribution in [0.1, 0.15) is 5.56 Å². The number of H-pyrrole nitrogens is 1. The van der Waals surface area contributed by atoms with Gasteiger partial charge in [0.2, 0.25) is 0 Å². The molecule has 4 heteroatoms. The summed E-state index contributed by atoms with van der Waals surface area (Å²) in [5.74, 6) is 0.894. The molecule has 0 fully saturated rings. The van der Waals surface area contributed by atoms with Crippen LogP contribution in [-0.4, -0.2) is 23.6 Å². The summed E-state index contributed by atoms with van der Waals surface area (Å²) in [5.41, 5.74) is 1.08. The van der Waals surface area contributed by atoms with Gasteiger partial charge in [0.1, 0.15) is 5.82 Å². The lowest BCUT2D eigenvalue weighted by Gasteiger charge is -1.93. The van der Waals surface area contributed by atoms with Gasteiger partial charge in [-0.1, -0.05) is 0 Å². The first kappa shape index (κ1) is 6.80. The fourth-order valence-electron chi connectivity index (χ4n) is 0.622. The number of aliphatic imine (C=N–C) groups is 1. The third-order valence-corrected chi connectivity index (χ3v) is 1.17. The van der Waals surface area contributed by atoms with Gasteiger partial charge in [-0.25, -0.2) is 0 Å². The molecule has 0 spiro atoms. The van der Waals surface area contributed by atoms with Gasteiger partial charge in [0.05, 0.1) is 12.5 Å². The predicted octanol–water partition coefficient (Wildman–Crippen LogP) is 0.788. The average Bonchev–Trinajstić information content (AvgIpc) is 2.31. The molecule has 1 aromatic heterocycles. The first-order chi connectivity index (χ1) is 4.84. The Bertz CT molecular complexity index is 225. The highest BCUT2D eigenvalue weighted by atomic mass is 15.2. The summed E-state index contributed by atoms with van der Waals surface area (Å²) in [6.45, 7) is 1.97. The predicted molar refractivity (Wildman–Crippen MR) is 41.4 cm³/mol. The maximum absolute atomic E-state index is 3.83. The Labute approximate surface area is 59.4 Å². The first-order valence-corrected chi connectivity index (χ1v) is 3.01. The molecule has 0 aliphatic heterocycles. The van der Waals surface area contributed by atoms with E-state index in [1.165, 1.54) is 0 Å². The molecule has 0 radical (unpaired) electrons. The number of nitrogens with one attached hydrogen (secondary N) is 2. The number of nitrogens with zero attached hydrogens (tertiary/aromatic N) is 2. The van der Waals surface area contributed by atoms with Gasteiger partial charge in [-0.05, 0) is 6.92 Å². The lowest BCUT2D eigenvalue weighted by atomic mass is 10.4. The van der Waals surface area contributed by atoms with Gasteiger partial charge >= 0.3 is 0 Å². The molecule has 1 rings (SSSR count). The van der Waals surface area contributed by atoms with Gasteiger partial charge < -0.3 is 5.32 Å². The molecule has 2 N–H and O–H groups in total. The molecule has 0 unspecified atom stereocenters. The molecule has 1 aromatic rings. The van der Waals surface area contributed by atoms with Crippen LogP contribution < -0.4 is 5.32 Å². The highest BCUT2D eigenvalue weighted by Gasteiger charge is 1.94. The van der Waals surface area contributed by atoms with Crippen LogP contribution in [-0.2, 0) is 0 Å². The maximum atomic E-state index is 3.83. The molecule has 0 saturated heterocycles. The van der Waals surface area contributed by atoms with E-state index < -0.39 is 0 Å². The number of aryl methyl sites for hydroxylation is 1. The Hall–Kier alpha value is -1.32. The molecule has 54 valence electrons. The number of aromatic nitrogens is 2. The zero-order valence-electron chi connectivity index (χ0n) is 6.05. The van der Waals surface area contributed by atoms with E-state index in [1.54, 1.807) is 19.6 Å². The quantitative estimate of drug-likeness (QED) is 0.469. The highest BCUT2D eigenvalue weighted by molar-refractivity contribution is 5.74. The van der Waals surface area contributed by atoms with Crippen molar-refractivity contribution in [2.45, 2.75) is 6.92 Å². The van der Waals surface area contributed by atoms with Crippen molar-refractivity contribution >= 4 is 12.2 Å². The fourth-order valence-corrected chi connectivity index (χ4v) is 0.622. The third kappa shape index (κ3) is 1.34. The van der Waals surface area contributed by atoms with Crippen LogP contribution in [0.2, 0.25) is 0 Å². The van der Waals surface area contributed by atoms with E-state index in [0.29, 0.717) is 0 Å². The van der Waals surface area contributed by atoms with E-state index in [2.05, 4.69) is 20.5 Å². The summed E-state index contributed by atoms with van der Waals surface area (Å²) >= 11 is 0. The highest BCUT2D eigenvalue weighted by Crippen LogP contribution is 2.05. The summed E-state index contributed by atoms with van der Waals surface area (Å²) in [6.07, 6.45) is 3.37. The Kier molecular flexibility index (Phi) is 2.04. The van der Waals surface area contributed by atoms with Crippen molar-refractivity contribution in [2.75, 3.05) is 12.4 Å². The van der Waals surface area contributed by atoms with Gasteiger partial charge in [-0.2, -0.15) is 5.10 Å². The van der Waals surface area contributed by atoms with Crippen LogP contribution in [0.15, 0.2) is 11.2 Å². The number of aromatic amines is 1. The monoisotopic (exact) mass is 138 g/mol. The van der Waals surface area contributed by atoms with Crippen LogP contribution in [0, 0.1) is 6.92 Å². The largest absolute Gasteiger partial charge is 0.332 e. The number of hydrogen-bond donors (Lipinski definition) is 2. The Morgan fingerprint density at radius 2 is 2.60 bits per heavy atom. The molecule has 10 heavy (non-hydrogen) atoms. The number of rotatable bonds is 2. The van der Waals surface area contributed by atoms with Crippen molar-refractivity contribution in [3.05, 3.63) is 11.8 Å². The standard InChI is InChI=1S/C6H10N4/c1-5-3-9-10-6(5)8-4-7-2/h3-4H,1-2H3,(H2,7,8,9,10). The third-order valence-electron chi connectivity index (χ3n) is 1.17. The summed E-state index contributed by atoms with van der Waals surface area (Å²) in [4.78, 5) is 3.77. The molecule has 0 aliphatic rings. The Balaban J connectivity index is 2.65. The van der Waals surface area contributed by atoms with Crippen LogP contribution >= 0.6 is 0 Å². The van der Waals surface area contributed by atoms with Gasteiger partial charge in [0.25, 0.3) is 0 Å². The molecule has 0 bridgehead atoms. The summed E-state index contributed by atoms with van der Waals surface area (Å²) < 4.78 is 0. The minimum atomic E-state index is 0.894. The number of anilines is 1. The second-order valence-corrected chi connectivity index (χ2v) is 1.96. The lowest BCUT2D eigenvalue weighted by molar-refractivity contribution is 1.10. The van der Waals surface area contributed by atoms with Crippen LogP contribution in [0.3, 0.4) is 0 Å². The summed E-state index contributed by atoms with van der Waals surface area (Å²) in [7, 11) is 1.71. The van der Waals surface area contributed by atoms with Crippen molar-refractivity contribution in [3.63, 3.8) is 0 Å². The molecule has 0 amide bonds. The molecule has 0 aromatic carbocycles. The van der Waals surface area contributed by atoms with E-state index >= 15 is 0 Å². The van der Waals surface area contributed by atoms with E-state index in [4.69, 9.17) is 0 Å². The topological polar surface area (TPSA) is 53.1 Å². The fraction of sp³-hybridized carbons (Fsp3) is 0.333. The molecule has 4 nitrogen and oxygen atoms in total. The van der Waals surface area contributed by atoms with Gasteiger partial charge in [0, 0.05) is 12.6 Å². The van der Waals surface area contributed by atoms with Crippen molar-refractivity contribution in [1.82, 2.24) is 10.2 Å². The molecule has 0 aliphatic carbocycles. The second kappa shape index (κ2) is 3.00. The van der Waals surface area contributed by atoms with E-state index in [1.807, 2.05) is 6.92 Å². The molecular formula is C6H10N4. The summed E-state index contributed by atoms with van der Waals surface area (Å²) in [6, 6.07) is 0. The summed E-state index contributed by atoms with van der Waals surface area (Å²) in [5, 5.41) is 9.55. The van der Waals surface area contributed by atoms with E-state index in [-0.39, 0.29) is 0 Å². The molecule has 0 atom stereocenters. The molecular weight excluding hydrogens is 128 g/mol. The van der Waals surface area contributed by atoms with Crippen LogP contribution in [0.25, 0.3) is 0 Å².